The van der Waals surface area contributed by atoms with Crippen LogP contribution in [0, 0.1) is 11.3 Å². The van der Waals surface area contributed by atoms with Crippen LogP contribution in [0.15, 0.2) is 42.5 Å². The minimum absolute atomic E-state index is 0.217. The van der Waals surface area contributed by atoms with Gasteiger partial charge in [0.2, 0.25) is 0 Å². The number of anilines is 1. The normalized spacial score (nSPS) is 15.6. The number of carbonyl (C=O) groups is 2. The maximum Gasteiger partial charge on any atom is 0.257 e. The summed E-state index contributed by atoms with van der Waals surface area (Å²) < 4.78 is 0.658. The molecule has 0 bridgehead atoms. The van der Waals surface area contributed by atoms with Gasteiger partial charge in [-0.05, 0) is 60.4 Å². The van der Waals surface area contributed by atoms with E-state index in [4.69, 9.17) is 22.3 Å². The second kappa shape index (κ2) is 9.61. The van der Waals surface area contributed by atoms with E-state index in [0.29, 0.717) is 32.1 Å². The fraction of sp³-hybridized carbons (Fsp3) is 0.321. The van der Waals surface area contributed by atoms with E-state index in [1.807, 2.05) is 36.4 Å². The molecule has 1 atom stereocenters. The van der Waals surface area contributed by atoms with Gasteiger partial charge in [0.25, 0.3) is 11.8 Å². The van der Waals surface area contributed by atoms with E-state index in [1.54, 1.807) is 6.07 Å². The molecule has 2 amide bonds. The van der Waals surface area contributed by atoms with E-state index < -0.39 is 5.91 Å². The Morgan fingerprint density at radius 2 is 1.97 bits per heavy atom. The third kappa shape index (κ3) is 4.56. The predicted octanol–water partition coefficient (Wildman–Crippen LogP) is 7.57. The van der Waals surface area contributed by atoms with Crippen LogP contribution in [-0.4, -0.2) is 16.8 Å². The van der Waals surface area contributed by atoms with E-state index in [0.717, 1.165) is 51.9 Å². The van der Waals surface area contributed by atoms with Crippen LogP contribution in [0.5, 0.6) is 0 Å². The first-order valence-electron chi connectivity index (χ1n) is 12.1. The molecule has 0 aliphatic heterocycles. The first kappa shape index (κ1) is 24.9. The number of rotatable bonds is 6. The first-order valence-corrected chi connectivity index (χ1v) is 14.1. The number of hydrogen-bond donors (Lipinski definition) is 2. The monoisotopic (exact) mass is 537 g/mol. The molecule has 5 rings (SSSR count). The number of thiophene rings is 2. The molecular weight excluding hydrogens is 510 g/mol. The van der Waals surface area contributed by atoms with Gasteiger partial charge in [0.05, 0.1) is 31.6 Å². The van der Waals surface area contributed by atoms with Gasteiger partial charge in [-0.1, -0.05) is 57.0 Å². The van der Waals surface area contributed by atoms with Gasteiger partial charge in [-0.25, -0.2) is 4.98 Å². The Hall–Kier alpha value is -2.74. The number of pyridine rings is 1. The predicted molar refractivity (Wildman–Crippen MR) is 150 cm³/mol. The molecule has 0 saturated carbocycles. The summed E-state index contributed by atoms with van der Waals surface area (Å²) in [5.74, 6) is -0.254. The van der Waals surface area contributed by atoms with Crippen LogP contribution in [-0.2, 0) is 12.8 Å². The van der Waals surface area contributed by atoms with E-state index in [2.05, 4.69) is 26.1 Å². The van der Waals surface area contributed by atoms with Gasteiger partial charge in [-0.2, -0.15) is 0 Å². The number of fused-ring (bicyclic) bond motifs is 2. The van der Waals surface area contributed by atoms with Crippen LogP contribution in [0.4, 0.5) is 5.00 Å². The highest BCUT2D eigenvalue weighted by Crippen LogP contribution is 2.45. The molecule has 5 nitrogen and oxygen atoms in total. The molecule has 8 heteroatoms. The number of amides is 2. The third-order valence-electron chi connectivity index (χ3n) is 7.54. The average molecular weight is 538 g/mol. The quantitative estimate of drug-likeness (QED) is 0.266. The van der Waals surface area contributed by atoms with Crippen LogP contribution in [0.1, 0.15) is 64.8 Å². The van der Waals surface area contributed by atoms with E-state index in [9.17, 15) is 9.59 Å². The largest absolute Gasteiger partial charge is 0.365 e. The Labute approximate surface area is 223 Å². The molecule has 1 aliphatic carbocycles. The topological polar surface area (TPSA) is 85.1 Å². The lowest BCUT2D eigenvalue weighted by molar-refractivity contribution is 0.0999. The Bertz CT molecular complexity index is 1490. The van der Waals surface area contributed by atoms with E-state index >= 15 is 0 Å². The van der Waals surface area contributed by atoms with E-state index in [-0.39, 0.29) is 11.3 Å². The Balaban J connectivity index is 1.53. The number of para-hydroxylation sites is 1. The SMILES string of the molecule is CCC(C)(C)[C@@H]1CCc2c(sc(NC(=O)c3cc(-c4ccc(Cl)s4)nc4ccccc34)c2C(N)=O)C1. The van der Waals surface area contributed by atoms with Gasteiger partial charge in [0.15, 0.2) is 0 Å². The Morgan fingerprint density at radius 3 is 2.67 bits per heavy atom. The summed E-state index contributed by atoms with van der Waals surface area (Å²) in [5.41, 5.74) is 9.40. The smallest absolute Gasteiger partial charge is 0.257 e. The molecule has 36 heavy (non-hydrogen) atoms. The number of primary amides is 1. The van der Waals surface area contributed by atoms with Crippen molar-refractivity contribution in [3.8, 4) is 10.6 Å². The molecule has 0 spiro atoms. The molecule has 186 valence electrons. The highest BCUT2D eigenvalue weighted by atomic mass is 35.5. The number of benzene rings is 1. The number of halogens is 1. The summed E-state index contributed by atoms with van der Waals surface area (Å²) in [4.78, 5) is 33.0. The summed E-state index contributed by atoms with van der Waals surface area (Å²) in [6, 6.07) is 13.1. The van der Waals surface area contributed by atoms with Gasteiger partial charge in [0, 0.05) is 10.3 Å². The van der Waals surface area contributed by atoms with Crippen molar-refractivity contribution >= 4 is 62.0 Å². The minimum atomic E-state index is -0.496. The molecule has 0 saturated heterocycles. The summed E-state index contributed by atoms with van der Waals surface area (Å²) >= 11 is 9.06. The van der Waals surface area contributed by atoms with Crippen molar-refractivity contribution < 1.29 is 9.59 Å². The van der Waals surface area contributed by atoms with Crippen molar-refractivity contribution in [2.45, 2.75) is 46.5 Å². The van der Waals surface area contributed by atoms with E-state index in [1.165, 1.54) is 22.7 Å². The maximum atomic E-state index is 13.7. The molecule has 1 aromatic carbocycles. The van der Waals surface area contributed by atoms with Crippen LogP contribution in [0.2, 0.25) is 4.34 Å². The zero-order valence-corrected chi connectivity index (χ0v) is 22.9. The molecule has 3 heterocycles. The van der Waals surface area contributed by atoms with Gasteiger partial charge in [0.1, 0.15) is 5.00 Å². The maximum absolute atomic E-state index is 13.7. The lowest BCUT2D eigenvalue weighted by Crippen LogP contribution is -2.29. The summed E-state index contributed by atoms with van der Waals surface area (Å²) in [6.45, 7) is 6.84. The molecule has 3 aromatic heterocycles. The highest BCUT2D eigenvalue weighted by molar-refractivity contribution is 7.19. The third-order valence-corrected chi connectivity index (χ3v) is 9.97. The van der Waals surface area contributed by atoms with Gasteiger partial charge < -0.3 is 11.1 Å². The van der Waals surface area contributed by atoms with Gasteiger partial charge in [-0.3, -0.25) is 9.59 Å². The Morgan fingerprint density at radius 1 is 1.19 bits per heavy atom. The van der Waals surface area contributed by atoms with Crippen molar-refractivity contribution in [2.75, 3.05) is 5.32 Å². The highest BCUT2D eigenvalue weighted by Gasteiger charge is 2.35. The number of nitrogens with zero attached hydrogens (tertiary/aromatic N) is 1. The summed E-state index contributed by atoms with van der Waals surface area (Å²) in [6.07, 6.45) is 3.81. The van der Waals surface area contributed by atoms with Crippen molar-refractivity contribution in [1.29, 1.82) is 0 Å². The second-order valence-corrected chi connectivity index (χ2v) is 12.8. The van der Waals surface area contributed by atoms with Crippen molar-refractivity contribution in [2.24, 2.45) is 17.1 Å². The molecule has 0 radical (unpaired) electrons. The zero-order valence-electron chi connectivity index (χ0n) is 20.5. The second-order valence-electron chi connectivity index (χ2n) is 9.98. The first-order chi connectivity index (χ1) is 17.2. The minimum Gasteiger partial charge on any atom is -0.365 e. The number of aromatic nitrogens is 1. The summed E-state index contributed by atoms with van der Waals surface area (Å²) in [7, 11) is 0. The molecular formula is C28H28ClN3O2S2. The van der Waals surface area contributed by atoms with Crippen LogP contribution in [0.3, 0.4) is 0 Å². The van der Waals surface area contributed by atoms with Crippen molar-refractivity contribution in [3.63, 3.8) is 0 Å². The fourth-order valence-corrected chi connectivity index (χ4v) is 7.33. The lowest BCUT2D eigenvalue weighted by Gasteiger charge is -2.36. The Kier molecular flexibility index (Phi) is 6.66. The molecule has 1 aliphatic rings. The number of carbonyl (C=O) groups excluding carboxylic acids is 2. The van der Waals surface area contributed by atoms with Gasteiger partial charge in [-0.15, -0.1) is 22.7 Å². The number of nitrogens with one attached hydrogen (secondary N) is 1. The number of hydrogen-bond acceptors (Lipinski definition) is 5. The molecule has 0 unspecified atom stereocenters. The summed E-state index contributed by atoms with van der Waals surface area (Å²) in [5, 5.41) is 4.32. The standard InChI is InChI=1S/C28H28ClN3O2S2/c1-4-28(2,3)15-9-10-17-22(13-15)36-27(24(17)25(30)33)32-26(34)18-14-20(21-11-12-23(29)35-21)31-19-8-6-5-7-16(18)19/h5-8,11-12,14-15H,4,9-10,13H2,1-3H3,(H2,30,33)(H,32,34)/t15-/m1/s1. The van der Waals surface area contributed by atoms with Crippen molar-refractivity contribution in [3.05, 3.63) is 68.4 Å². The zero-order chi connectivity index (χ0) is 25.6. The molecule has 0 fully saturated rings. The van der Waals surface area contributed by atoms with Gasteiger partial charge >= 0.3 is 0 Å². The van der Waals surface area contributed by atoms with Crippen molar-refractivity contribution in [1.82, 2.24) is 4.98 Å². The molecule has 4 aromatic rings. The van der Waals surface area contributed by atoms with Crippen LogP contribution in [0.25, 0.3) is 21.5 Å². The van der Waals surface area contributed by atoms with Crippen LogP contribution < -0.4 is 11.1 Å². The fourth-order valence-electron chi connectivity index (χ4n) is 5.00. The molecule has 3 N–H and O–H groups in total. The average Bonchev–Trinajstić information content (AvgIpc) is 3.45. The number of nitrogens with two attached hydrogens (primary N) is 1. The lowest BCUT2D eigenvalue weighted by atomic mass is 9.69. The van der Waals surface area contributed by atoms with Crippen LogP contribution >= 0.6 is 34.3 Å².